The largest absolute Gasteiger partial charge is 0.454 e. The molecule has 0 amide bonds. The lowest BCUT2D eigenvalue weighted by Gasteiger charge is -2.10. The Morgan fingerprint density at radius 1 is 0.357 bits per heavy atom. The van der Waals surface area contributed by atoms with E-state index in [4.69, 9.17) is 19.4 Å². The van der Waals surface area contributed by atoms with Crippen molar-refractivity contribution in [3.63, 3.8) is 0 Å². The van der Waals surface area contributed by atoms with Gasteiger partial charge in [0.25, 0.3) is 0 Å². The molecule has 262 valence electrons. The van der Waals surface area contributed by atoms with Gasteiger partial charge in [-0.2, -0.15) is 0 Å². The molecule has 0 aliphatic heterocycles. The van der Waals surface area contributed by atoms with Crippen LogP contribution in [0.15, 0.2) is 199 Å². The van der Waals surface area contributed by atoms with E-state index in [2.05, 4.69) is 162 Å². The van der Waals surface area contributed by atoms with Crippen molar-refractivity contribution < 1.29 is 4.42 Å². The fraction of sp³-hybridized carbons (Fsp3) is 0. The smallest absolute Gasteiger partial charge is 0.164 e. The van der Waals surface area contributed by atoms with Crippen molar-refractivity contribution in [1.82, 2.24) is 19.5 Å². The number of aromatic nitrogens is 4. The third kappa shape index (κ3) is 5.29. The number of hydrogen-bond donors (Lipinski definition) is 0. The summed E-state index contributed by atoms with van der Waals surface area (Å²) in [5, 5.41) is 4.54. The molecule has 11 aromatic rings. The van der Waals surface area contributed by atoms with Gasteiger partial charge in [-0.1, -0.05) is 164 Å². The number of para-hydroxylation sites is 2. The summed E-state index contributed by atoms with van der Waals surface area (Å²) in [5.41, 5.74) is 12.3. The van der Waals surface area contributed by atoms with Crippen LogP contribution in [0.2, 0.25) is 0 Å². The first kappa shape index (κ1) is 31.9. The lowest BCUT2D eigenvalue weighted by Crippen LogP contribution is -2.00. The third-order valence-corrected chi connectivity index (χ3v) is 10.7. The van der Waals surface area contributed by atoms with Crippen LogP contribution in [-0.4, -0.2) is 19.5 Å². The molecule has 0 bridgehead atoms. The highest BCUT2D eigenvalue weighted by Crippen LogP contribution is 2.43. The summed E-state index contributed by atoms with van der Waals surface area (Å²) in [5.74, 6) is 1.89. The average Bonchev–Trinajstić information content (AvgIpc) is 3.84. The summed E-state index contributed by atoms with van der Waals surface area (Å²) < 4.78 is 9.14. The summed E-state index contributed by atoms with van der Waals surface area (Å²) in [6, 6.07) is 67.3. The molecule has 8 aromatic carbocycles. The molecule has 0 radical (unpaired) electrons. The van der Waals surface area contributed by atoms with Crippen molar-refractivity contribution in [3.05, 3.63) is 194 Å². The molecule has 0 N–H and O–H groups in total. The van der Waals surface area contributed by atoms with Crippen molar-refractivity contribution in [2.75, 3.05) is 0 Å². The highest BCUT2D eigenvalue weighted by molar-refractivity contribution is 6.23. The molecule has 0 fully saturated rings. The molecular weight excluding hydrogens is 685 g/mol. The van der Waals surface area contributed by atoms with E-state index in [9.17, 15) is 0 Å². The van der Waals surface area contributed by atoms with Crippen molar-refractivity contribution in [3.8, 4) is 62.1 Å². The first-order valence-electron chi connectivity index (χ1n) is 18.8. The summed E-state index contributed by atoms with van der Waals surface area (Å²) in [6.07, 6.45) is 0. The summed E-state index contributed by atoms with van der Waals surface area (Å²) >= 11 is 0. The molecule has 11 rings (SSSR count). The lowest BCUT2D eigenvalue weighted by atomic mass is 9.98. The molecule has 3 aromatic heterocycles. The fourth-order valence-electron chi connectivity index (χ4n) is 8.01. The SMILES string of the molecule is c1ccc(-c2ccc(-c3nc(-c4ccccc4)nc(-c4ccc(-c5cccc6oc7c(ccc8c9ccccc9n(-c9ccccc9)c87)c56)cc4)n3)cc2)cc1. The number of benzene rings is 8. The predicted molar refractivity (Wildman–Crippen MR) is 229 cm³/mol. The van der Waals surface area contributed by atoms with Crippen molar-refractivity contribution in [1.29, 1.82) is 0 Å². The van der Waals surface area contributed by atoms with E-state index in [1.165, 1.54) is 16.3 Å². The highest BCUT2D eigenvalue weighted by Gasteiger charge is 2.21. The number of nitrogens with zero attached hydrogens (tertiary/aromatic N) is 4. The van der Waals surface area contributed by atoms with Crippen LogP contribution in [0, 0.1) is 0 Å². The number of rotatable bonds is 6. The van der Waals surface area contributed by atoms with Crippen LogP contribution in [0.1, 0.15) is 0 Å². The first-order valence-corrected chi connectivity index (χ1v) is 18.8. The van der Waals surface area contributed by atoms with Crippen LogP contribution < -0.4 is 0 Å². The van der Waals surface area contributed by atoms with Crippen LogP contribution >= 0.6 is 0 Å². The maximum Gasteiger partial charge on any atom is 0.164 e. The number of furan rings is 1. The second kappa shape index (κ2) is 13.0. The van der Waals surface area contributed by atoms with E-state index >= 15 is 0 Å². The van der Waals surface area contributed by atoms with Crippen LogP contribution in [0.5, 0.6) is 0 Å². The van der Waals surface area contributed by atoms with E-state index < -0.39 is 0 Å². The van der Waals surface area contributed by atoms with Gasteiger partial charge in [0.1, 0.15) is 5.58 Å². The molecule has 0 atom stereocenters. The lowest BCUT2D eigenvalue weighted by molar-refractivity contribution is 0.671. The number of hydrogen-bond acceptors (Lipinski definition) is 4. The van der Waals surface area contributed by atoms with Gasteiger partial charge in [-0.25, -0.2) is 15.0 Å². The molecule has 0 saturated carbocycles. The van der Waals surface area contributed by atoms with Crippen molar-refractivity contribution in [2.24, 2.45) is 0 Å². The zero-order chi connectivity index (χ0) is 37.0. The minimum atomic E-state index is 0.621. The second-order valence-corrected chi connectivity index (χ2v) is 14.0. The topological polar surface area (TPSA) is 56.7 Å². The van der Waals surface area contributed by atoms with Gasteiger partial charge in [0.05, 0.1) is 11.0 Å². The molecule has 5 nitrogen and oxygen atoms in total. The van der Waals surface area contributed by atoms with Gasteiger partial charge < -0.3 is 8.98 Å². The summed E-state index contributed by atoms with van der Waals surface area (Å²) in [6.45, 7) is 0. The third-order valence-electron chi connectivity index (χ3n) is 10.7. The van der Waals surface area contributed by atoms with Crippen LogP contribution in [0.4, 0.5) is 0 Å². The van der Waals surface area contributed by atoms with Gasteiger partial charge in [0.2, 0.25) is 0 Å². The van der Waals surface area contributed by atoms with Gasteiger partial charge in [0, 0.05) is 43.9 Å². The van der Waals surface area contributed by atoms with E-state index in [-0.39, 0.29) is 0 Å². The molecular formula is C51H32N4O. The molecule has 0 spiro atoms. The number of fused-ring (bicyclic) bond motifs is 7. The normalized spacial score (nSPS) is 11.6. The van der Waals surface area contributed by atoms with Crippen molar-refractivity contribution in [2.45, 2.75) is 0 Å². The monoisotopic (exact) mass is 716 g/mol. The van der Waals surface area contributed by atoms with Crippen LogP contribution in [0.3, 0.4) is 0 Å². The standard InChI is InChI=1S/C51H32N4O/c1-4-13-33(14-5-1)34-23-27-37(28-24-34)50-52-49(36-15-6-2-7-16-36)53-51(54-50)38-29-25-35(26-30-38)40-20-12-22-45-46(40)43-32-31-42-41-19-10-11-21-44(41)55(47(42)48(43)56-45)39-17-8-3-9-18-39/h1-32H. The Labute approximate surface area is 322 Å². The molecule has 0 aliphatic carbocycles. The van der Waals surface area contributed by atoms with E-state index in [0.29, 0.717) is 17.5 Å². The van der Waals surface area contributed by atoms with Crippen molar-refractivity contribution >= 4 is 43.7 Å². The minimum absolute atomic E-state index is 0.621. The van der Waals surface area contributed by atoms with Gasteiger partial charge in [0.15, 0.2) is 23.1 Å². The Morgan fingerprint density at radius 2 is 0.857 bits per heavy atom. The Morgan fingerprint density at radius 3 is 1.52 bits per heavy atom. The predicted octanol–water partition coefficient (Wildman–Crippen LogP) is 13.2. The molecule has 0 unspecified atom stereocenters. The Balaban J connectivity index is 1.02. The minimum Gasteiger partial charge on any atom is -0.454 e. The molecule has 0 aliphatic rings. The Bertz CT molecular complexity index is 3200. The maximum atomic E-state index is 6.81. The maximum absolute atomic E-state index is 6.81. The second-order valence-electron chi connectivity index (χ2n) is 14.0. The average molecular weight is 717 g/mol. The zero-order valence-electron chi connectivity index (χ0n) is 30.2. The molecule has 5 heteroatoms. The Hall–Kier alpha value is -7.63. The van der Waals surface area contributed by atoms with Crippen LogP contribution in [0.25, 0.3) is 106 Å². The van der Waals surface area contributed by atoms with Gasteiger partial charge >= 0.3 is 0 Å². The highest BCUT2D eigenvalue weighted by atomic mass is 16.3. The van der Waals surface area contributed by atoms with Crippen LogP contribution in [-0.2, 0) is 0 Å². The summed E-state index contributed by atoms with van der Waals surface area (Å²) in [7, 11) is 0. The van der Waals surface area contributed by atoms with Gasteiger partial charge in [-0.3, -0.25) is 0 Å². The van der Waals surface area contributed by atoms with E-state index in [1.807, 2.05) is 36.4 Å². The van der Waals surface area contributed by atoms with Gasteiger partial charge in [-0.15, -0.1) is 0 Å². The molecule has 0 saturated heterocycles. The first-order chi connectivity index (χ1) is 27.8. The Kier molecular flexibility index (Phi) is 7.42. The molecule has 56 heavy (non-hydrogen) atoms. The summed E-state index contributed by atoms with van der Waals surface area (Å²) in [4.78, 5) is 15.0. The quantitative estimate of drug-likeness (QED) is 0.172. The fourth-order valence-corrected chi connectivity index (χ4v) is 8.01. The van der Waals surface area contributed by atoms with E-state index in [0.717, 1.165) is 72.0 Å². The molecule has 3 heterocycles. The van der Waals surface area contributed by atoms with Gasteiger partial charge in [-0.05, 0) is 52.6 Å². The van der Waals surface area contributed by atoms with E-state index in [1.54, 1.807) is 0 Å². The zero-order valence-corrected chi connectivity index (χ0v) is 30.2.